The van der Waals surface area contributed by atoms with Crippen molar-refractivity contribution in [2.45, 2.75) is 11.3 Å². The Morgan fingerprint density at radius 2 is 2.07 bits per heavy atom. The molecule has 1 unspecified atom stereocenters. The second-order valence-electron chi connectivity index (χ2n) is 6.61. The molecule has 0 spiro atoms. The molecule has 4 rings (SSSR count). The molecular formula is C19H18FNO5S. The first-order valence-electron chi connectivity index (χ1n) is 8.57. The van der Waals surface area contributed by atoms with Gasteiger partial charge in [-0.2, -0.15) is 0 Å². The average molecular weight is 391 g/mol. The van der Waals surface area contributed by atoms with E-state index >= 15 is 0 Å². The summed E-state index contributed by atoms with van der Waals surface area (Å²) in [7, 11) is -1.14. The lowest BCUT2D eigenvalue weighted by molar-refractivity contribution is 0.151. The van der Waals surface area contributed by atoms with Crippen LogP contribution in [0, 0.1) is 11.7 Å². The van der Waals surface area contributed by atoms with Gasteiger partial charge in [-0.05, 0) is 41.8 Å². The highest BCUT2D eigenvalue weighted by atomic mass is 32.2. The Labute approximate surface area is 158 Å². The van der Waals surface area contributed by atoms with Crippen molar-refractivity contribution in [1.29, 1.82) is 0 Å². The van der Waals surface area contributed by atoms with Crippen LogP contribution in [0.25, 0.3) is 11.1 Å². The van der Waals surface area contributed by atoms with Crippen LogP contribution < -0.4 is 9.47 Å². The summed E-state index contributed by atoms with van der Waals surface area (Å²) in [6, 6.07) is 10.0. The predicted molar refractivity (Wildman–Crippen MR) is 96.9 cm³/mol. The molecule has 1 saturated heterocycles. The molecule has 2 aliphatic rings. The number of hydrogen-bond acceptors (Lipinski definition) is 4. The monoisotopic (exact) mass is 391 g/mol. The minimum atomic E-state index is -1.14. The fraction of sp³-hybridized carbons (Fsp3) is 0.316. The predicted octanol–water partition coefficient (Wildman–Crippen LogP) is 3.33. The largest absolute Gasteiger partial charge is 0.490 e. The summed E-state index contributed by atoms with van der Waals surface area (Å²) in [4.78, 5) is 12.9. The van der Waals surface area contributed by atoms with Gasteiger partial charge in [-0.25, -0.2) is 9.18 Å². The Bertz CT molecular complexity index is 919. The van der Waals surface area contributed by atoms with Gasteiger partial charge in [-0.1, -0.05) is 12.1 Å². The molecule has 0 aromatic heterocycles. The van der Waals surface area contributed by atoms with Gasteiger partial charge in [0.15, 0.2) is 17.5 Å². The smallest absolute Gasteiger partial charge is 0.407 e. The van der Waals surface area contributed by atoms with Crippen LogP contribution in [0.15, 0.2) is 41.3 Å². The van der Waals surface area contributed by atoms with Crippen molar-refractivity contribution in [3.8, 4) is 22.6 Å². The molecule has 2 heterocycles. The third-order valence-corrected chi connectivity index (χ3v) is 5.97. The van der Waals surface area contributed by atoms with Crippen molar-refractivity contribution in [1.82, 2.24) is 4.90 Å². The van der Waals surface area contributed by atoms with Gasteiger partial charge in [-0.15, -0.1) is 0 Å². The Kier molecular flexibility index (Phi) is 4.73. The minimum Gasteiger partial charge on any atom is -0.490 e. The number of hydrogen-bond donors (Lipinski definition) is 1. The van der Waals surface area contributed by atoms with E-state index in [9.17, 15) is 13.4 Å². The van der Waals surface area contributed by atoms with E-state index in [1.807, 2.05) is 0 Å². The number of fused-ring (bicyclic) bond motifs is 1. The van der Waals surface area contributed by atoms with Gasteiger partial charge < -0.3 is 19.5 Å². The molecule has 0 aliphatic carbocycles. The standard InChI is InChI=1S/C19H18FNO5S/c20-15-7-13(14-2-4-18-17(8-14)26-11-27(18)24)1-3-16(15)25-10-12-5-6-21(9-12)19(22)23/h1-4,7-8,12H,5-6,9-11H2,(H,22,23)/t12-,27?/m1/s1. The molecule has 2 aromatic rings. The summed E-state index contributed by atoms with van der Waals surface area (Å²) in [5.41, 5.74) is 1.44. The number of benzene rings is 2. The molecule has 6 nitrogen and oxygen atoms in total. The molecule has 2 aromatic carbocycles. The first-order valence-corrected chi connectivity index (χ1v) is 9.89. The SMILES string of the molecule is O=C(O)N1CC[C@@H](COc2ccc(-c3ccc4c(c3)OCS4=O)cc2F)C1. The maximum atomic E-state index is 14.4. The van der Waals surface area contributed by atoms with E-state index < -0.39 is 22.7 Å². The molecule has 27 heavy (non-hydrogen) atoms. The van der Waals surface area contributed by atoms with Crippen molar-refractivity contribution in [2.24, 2.45) is 5.92 Å². The molecule has 1 fully saturated rings. The van der Waals surface area contributed by atoms with Crippen molar-refractivity contribution in [3.05, 3.63) is 42.2 Å². The number of rotatable bonds is 4. The van der Waals surface area contributed by atoms with Crippen LogP contribution in [-0.2, 0) is 10.8 Å². The maximum absolute atomic E-state index is 14.4. The van der Waals surface area contributed by atoms with Gasteiger partial charge in [0.05, 0.1) is 22.3 Å². The number of carboxylic acid groups (broad SMARTS) is 1. The molecule has 0 radical (unpaired) electrons. The van der Waals surface area contributed by atoms with E-state index in [1.165, 1.54) is 11.0 Å². The Morgan fingerprint density at radius 3 is 2.81 bits per heavy atom. The Balaban J connectivity index is 1.44. The fourth-order valence-corrected chi connectivity index (χ4v) is 4.24. The second kappa shape index (κ2) is 7.19. The van der Waals surface area contributed by atoms with E-state index in [4.69, 9.17) is 14.6 Å². The van der Waals surface area contributed by atoms with E-state index in [-0.39, 0.29) is 24.2 Å². The van der Waals surface area contributed by atoms with Crippen LogP contribution >= 0.6 is 0 Å². The van der Waals surface area contributed by atoms with E-state index in [2.05, 4.69) is 0 Å². The lowest BCUT2D eigenvalue weighted by atomic mass is 10.0. The summed E-state index contributed by atoms with van der Waals surface area (Å²) in [5, 5.41) is 8.97. The van der Waals surface area contributed by atoms with Gasteiger partial charge in [0, 0.05) is 19.0 Å². The van der Waals surface area contributed by atoms with Crippen molar-refractivity contribution in [3.63, 3.8) is 0 Å². The maximum Gasteiger partial charge on any atom is 0.407 e. The quantitative estimate of drug-likeness (QED) is 0.865. The lowest BCUT2D eigenvalue weighted by Gasteiger charge is -2.14. The highest BCUT2D eigenvalue weighted by molar-refractivity contribution is 7.85. The minimum absolute atomic E-state index is 0.0647. The summed E-state index contributed by atoms with van der Waals surface area (Å²) in [6.45, 7) is 1.17. The van der Waals surface area contributed by atoms with Gasteiger partial charge in [0.25, 0.3) is 0 Å². The zero-order chi connectivity index (χ0) is 19.0. The molecule has 1 amide bonds. The summed E-state index contributed by atoms with van der Waals surface area (Å²) < 4.78 is 37.1. The highest BCUT2D eigenvalue weighted by Gasteiger charge is 2.26. The molecule has 2 atom stereocenters. The zero-order valence-electron chi connectivity index (χ0n) is 14.4. The number of nitrogens with zero attached hydrogens (tertiary/aromatic N) is 1. The number of halogens is 1. The van der Waals surface area contributed by atoms with Crippen molar-refractivity contribution < 1.29 is 28.0 Å². The van der Waals surface area contributed by atoms with Crippen LogP contribution in [0.4, 0.5) is 9.18 Å². The number of carbonyl (C=O) groups is 1. The van der Waals surface area contributed by atoms with E-state index in [0.29, 0.717) is 35.7 Å². The summed E-state index contributed by atoms with van der Waals surface area (Å²) >= 11 is 0. The lowest BCUT2D eigenvalue weighted by Crippen LogP contribution is -2.27. The van der Waals surface area contributed by atoms with Crippen LogP contribution in [0.5, 0.6) is 11.5 Å². The van der Waals surface area contributed by atoms with Gasteiger partial charge in [0.1, 0.15) is 5.75 Å². The van der Waals surface area contributed by atoms with Crippen LogP contribution in [0.2, 0.25) is 0 Å². The second-order valence-corrected chi connectivity index (χ2v) is 7.98. The average Bonchev–Trinajstić information content (AvgIpc) is 3.28. The van der Waals surface area contributed by atoms with Crippen LogP contribution in [0.1, 0.15) is 6.42 Å². The number of likely N-dealkylation sites (tertiary alicyclic amines) is 1. The van der Waals surface area contributed by atoms with Gasteiger partial charge >= 0.3 is 6.09 Å². The highest BCUT2D eigenvalue weighted by Crippen LogP contribution is 2.34. The third kappa shape index (κ3) is 3.62. The van der Waals surface area contributed by atoms with Crippen molar-refractivity contribution in [2.75, 3.05) is 25.6 Å². The molecule has 0 saturated carbocycles. The van der Waals surface area contributed by atoms with Crippen molar-refractivity contribution >= 4 is 16.9 Å². The van der Waals surface area contributed by atoms with Crippen LogP contribution in [0.3, 0.4) is 0 Å². The topological polar surface area (TPSA) is 76.1 Å². The Morgan fingerprint density at radius 1 is 1.30 bits per heavy atom. The molecule has 8 heteroatoms. The van der Waals surface area contributed by atoms with E-state index in [1.54, 1.807) is 30.3 Å². The number of amides is 1. The molecule has 1 N–H and O–H groups in total. The zero-order valence-corrected chi connectivity index (χ0v) is 15.2. The van der Waals surface area contributed by atoms with E-state index in [0.717, 1.165) is 5.56 Å². The molecule has 0 bridgehead atoms. The van der Waals surface area contributed by atoms with Gasteiger partial charge in [0.2, 0.25) is 0 Å². The molecular weight excluding hydrogens is 373 g/mol. The normalized spacial score (nSPS) is 21.0. The molecule has 2 aliphatic heterocycles. The summed E-state index contributed by atoms with van der Waals surface area (Å²) in [5.74, 6) is 0.447. The van der Waals surface area contributed by atoms with Gasteiger partial charge in [-0.3, -0.25) is 4.21 Å². The third-order valence-electron chi connectivity index (χ3n) is 4.81. The Hall–Kier alpha value is -2.61. The first-order chi connectivity index (χ1) is 13.0. The molecule has 142 valence electrons. The summed E-state index contributed by atoms with van der Waals surface area (Å²) in [6.07, 6.45) is -0.224. The number of ether oxygens (including phenoxy) is 2. The first kappa shape index (κ1) is 17.8. The van der Waals surface area contributed by atoms with Crippen LogP contribution in [-0.4, -0.2) is 45.9 Å². The fourth-order valence-electron chi connectivity index (χ4n) is 3.32.